The monoisotopic (exact) mass is 481 g/mol. The van der Waals surface area contributed by atoms with Gasteiger partial charge in [0.25, 0.3) is 0 Å². The van der Waals surface area contributed by atoms with Crippen molar-refractivity contribution >= 4 is 23.9 Å². The number of phenolic OH excluding ortho intramolecular Hbond substituents is 1. The summed E-state index contributed by atoms with van der Waals surface area (Å²) in [6.07, 6.45) is -0.904. The highest BCUT2D eigenvalue weighted by molar-refractivity contribution is 5.91. The van der Waals surface area contributed by atoms with Crippen LogP contribution in [0.3, 0.4) is 0 Å². The molecule has 1 rings (SSSR count). The minimum atomic E-state index is -1.33. The third-order valence-corrected chi connectivity index (χ3v) is 4.50. The van der Waals surface area contributed by atoms with Gasteiger partial charge >= 0.3 is 12.1 Å². The Morgan fingerprint density at radius 3 is 2.41 bits per heavy atom. The van der Waals surface area contributed by atoms with E-state index in [9.17, 15) is 29.4 Å². The Hall–Kier alpha value is -3.34. The molecule has 0 aliphatic heterocycles. The molecule has 4 N–H and O–H groups in total. The number of aromatic hydroxyl groups is 1. The van der Waals surface area contributed by atoms with E-state index in [2.05, 4.69) is 10.6 Å². The number of aliphatic hydroxyl groups excluding tert-OH is 1. The lowest BCUT2D eigenvalue weighted by Gasteiger charge is -2.31. The normalized spacial score (nSPS) is 11.8. The summed E-state index contributed by atoms with van der Waals surface area (Å²) in [5, 5.41) is 25.1. The molecule has 0 aliphatic rings. The minimum Gasteiger partial charge on any atom is -0.507 e. The largest absolute Gasteiger partial charge is 0.507 e. The molecule has 0 saturated heterocycles. The van der Waals surface area contributed by atoms with Gasteiger partial charge in [-0.1, -0.05) is 18.2 Å². The first-order chi connectivity index (χ1) is 15.9. The number of hydrogen-bond acceptors (Lipinski definition) is 8. The van der Waals surface area contributed by atoms with Gasteiger partial charge in [0.15, 0.2) is 0 Å². The molecule has 0 heterocycles. The van der Waals surface area contributed by atoms with Crippen molar-refractivity contribution in [1.29, 1.82) is 0 Å². The van der Waals surface area contributed by atoms with Gasteiger partial charge in [-0.25, -0.2) is 4.79 Å². The van der Waals surface area contributed by atoms with Crippen LogP contribution in [0.25, 0.3) is 0 Å². The number of benzene rings is 1. The number of hydrogen-bond donors (Lipinski definition) is 4. The molecule has 1 atom stereocenters. The Morgan fingerprint density at radius 1 is 1.15 bits per heavy atom. The predicted molar refractivity (Wildman–Crippen MR) is 123 cm³/mol. The molecule has 0 radical (unpaired) electrons. The highest BCUT2D eigenvalue weighted by Crippen LogP contribution is 2.31. The average Bonchev–Trinajstić information content (AvgIpc) is 2.73. The molecule has 0 bridgehead atoms. The Balaban J connectivity index is 3.15. The fourth-order valence-electron chi connectivity index (χ4n) is 3.04. The molecule has 0 aromatic heterocycles. The van der Waals surface area contributed by atoms with Crippen LogP contribution in [0.4, 0.5) is 4.79 Å². The number of amides is 3. The van der Waals surface area contributed by atoms with Crippen molar-refractivity contribution in [3.8, 4) is 5.75 Å². The number of nitrogens with one attached hydrogen (secondary N) is 2. The maximum Gasteiger partial charge on any atom is 0.408 e. The summed E-state index contributed by atoms with van der Waals surface area (Å²) < 4.78 is 9.95. The number of esters is 1. The summed E-state index contributed by atoms with van der Waals surface area (Å²) in [7, 11) is 0. The van der Waals surface area contributed by atoms with Crippen LogP contribution in [0, 0.1) is 6.92 Å². The van der Waals surface area contributed by atoms with E-state index >= 15 is 0 Å². The van der Waals surface area contributed by atoms with E-state index in [-0.39, 0.29) is 37.4 Å². The summed E-state index contributed by atoms with van der Waals surface area (Å²) in [6, 6.07) is 3.40. The summed E-state index contributed by atoms with van der Waals surface area (Å²) in [5.41, 5.74) is -0.162. The van der Waals surface area contributed by atoms with E-state index in [4.69, 9.17) is 9.47 Å². The zero-order valence-electron chi connectivity index (χ0n) is 20.3. The Kier molecular flexibility index (Phi) is 11.3. The van der Waals surface area contributed by atoms with Gasteiger partial charge in [-0.05, 0) is 40.2 Å². The van der Waals surface area contributed by atoms with Crippen molar-refractivity contribution in [3.63, 3.8) is 0 Å². The lowest BCUT2D eigenvalue weighted by molar-refractivity contribution is -0.143. The Labute approximate surface area is 199 Å². The van der Waals surface area contributed by atoms with E-state index < -0.39 is 48.7 Å². The molecule has 0 saturated carbocycles. The van der Waals surface area contributed by atoms with Crippen LogP contribution in [-0.4, -0.2) is 77.4 Å². The number of nitrogens with zero attached hydrogens (tertiary/aromatic N) is 1. The van der Waals surface area contributed by atoms with Gasteiger partial charge < -0.3 is 35.2 Å². The number of ether oxygens (including phenoxy) is 2. The van der Waals surface area contributed by atoms with Gasteiger partial charge in [-0.2, -0.15) is 0 Å². The molecule has 11 heteroatoms. The first-order valence-corrected chi connectivity index (χ1v) is 11.0. The SMILES string of the molecule is CCOC(=O)CCNC(=O)C(c1cccc(C)c1O)N(CCO)C(=O)CNC(=O)OC(C)(C)C. The van der Waals surface area contributed by atoms with Crippen LogP contribution < -0.4 is 10.6 Å². The van der Waals surface area contributed by atoms with Crippen molar-refractivity contribution in [1.82, 2.24) is 15.5 Å². The molecule has 1 aromatic rings. The quantitative estimate of drug-likeness (QED) is 0.343. The average molecular weight is 482 g/mol. The van der Waals surface area contributed by atoms with Crippen LogP contribution >= 0.6 is 0 Å². The molecule has 11 nitrogen and oxygen atoms in total. The van der Waals surface area contributed by atoms with E-state index in [1.54, 1.807) is 46.8 Å². The van der Waals surface area contributed by atoms with Gasteiger partial charge in [0.2, 0.25) is 11.8 Å². The lowest BCUT2D eigenvalue weighted by atomic mass is 10.00. The van der Waals surface area contributed by atoms with Crippen molar-refractivity contribution in [3.05, 3.63) is 29.3 Å². The molecule has 0 spiro atoms. The van der Waals surface area contributed by atoms with E-state index in [0.717, 1.165) is 4.90 Å². The molecular weight excluding hydrogens is 446 g/mol. The van der Waals surface area contributed by atoms with Gasteiger partial charge in [0, 0.05) is 18.7 Å². The molecule has 0 aliphatic carbocycles. The number of aryl methyl sites for hydroxylation is 1. The van der Waals surface area contributed by atoms with Crippen molar-refractivity contribution in [2.45, 2.75) is 52.7 Å². The van der Waals surface area contributed by atoms with Crippen LogP contribution in [0.2, 0.25) is 0 Å². The third-order valence-electron chi connectivity index (χ3n) is 4.50. The second-order valence-electron chi connectivity index (χ2n) is 8.43. The predicted octanol–water partition coefficient (Wildman–Crippen LogP) is 1.16. The van der Waals surface area contributed by atoms with Gasteiger partial charge in [-0.3, -0.25) is 14.4 Å². The second-order valence-corrected chi connectivity index (χ2v) is 8.43. The summed E-state index contributed by atoms with van der Waals surface area (Å²) >= 11 is 0. The Bertz CT molecular complexity index is 866. The third kappa shape index (κ3) is 9.26. The number of carbonyl (C=O) groups excluding carboxylic acids is 4. The molecule has 190 valence electrons. The number of rotatable bonds is 11. The smallest absolute Gasteiger partial charge is 0.408 e. The summed E-state index contributed by atoms with van der Waals surface area (Å²) in [4.78, 5) is 50.7. The fraction of sp³-hybridized carbons (Fsp3) is 0.565. The van der Waals surface area contributed by atoms with E-state index in [1.165, 1.54) is 6.07 Å². The van der Waals surface area contributed by atoms with Crippen LogP contribution in [0.5, 0.6) is 5.75 Å². The molecule has 1 unspecified atom stereocenters. The van der Waals surface area contributed by atoms with E-state index in [0.29, 0.717) is 5.56 Å². The minimum absolute atomic E-state index is 0.0575. The zero-order valence-corrected chi connectivity index (χ0v) is 20.3. The molecule has 0 fully saturated rings. The van der Waals surface area contributed by atoms with Crippen LogP contribution in [-0.2, 0) is 23.9 Å². The first kappa shape index (κ1) is 28.7. The van der Waals surface area contributed by atoms with Crippen molar-refractivity contribution in [2.75, 3.05) is 32.8 Å². The van der Waals surface area contributed by atoms with Gasteiger partial charge in [0.1, 0.15) is 23.9 Å². The maximum absolute atomic E-state index is 13.1. The highest BCUT2D eigenvalue weighted by atomic mass is 16.6. The lowest BCUT2D eigenvalue weighted by Crippen LogP contribution is -2.49. The standard InChI is InChI=1S/C23H35N3O8/c1-6-33-18(29)10-11-24-21(31)19(16-9-7-8-15(2)20(16)30)26(12-13-27)17(28)14-25-22(32)34-23(3,4)5/h7-9,19,27,30H,6,10-14H2,1-5H3,(H,24,31)(H,25,32). The molecule has 1 aromatic carbocycles. The number of phenols is 1. The van der Waals surface area contributed by atoms with Crippen LogP contribution in [0.15, 0.2) is 18.2 Å². The number of alkyl carbamates (subject to hydrolysis) is 1. The molecular formula is C23H35N3O8. The maximum atomic E-state index is 13.1. The van der Waals surface area contributed by atoms with Gasteiger partial charge in [-0.15, -0.1) is 0 Å². The summed E-state index contributed by atoms with van der Waals surface area (Å²) in [6.45, 7) is 7.22. The Morgan fingerprint density at radius 2 is 1.82 bits per heavy atom. The zero-order chi connectivity index (χ0) is 25.9. The van der Waals surface area contributed by atoms with Gasteiger partial charge in [0.05, 0.1) is 19.6 Å². The van der Waals surface area contributed by atoms with E-state index in [1.807, 2.05) is 0 Å². The number of aliphatic hydroxyl groups is 1. The van der Waals surface area contributed by atoms with Crippen molar-refractivity contribution in [2.24, 2.45) is 0 Å². The first-order valence-electron chi connectivity index (χ1n) is 11.0. The number of carbonyl (C=O) groups is 4. The highest BCUT2D eigenvalue weighted by Gasteiger charge is 2.33. The summed E-state index contributed by atoms with van der Waals surface area (Å²) in [5.74, 6) is -2.05. The second kappa shape index (κ2) is 13.4. The topological polar surface area (TPSA) is 154 Å². The molecule has 34 heavy (non-hydrogen) atoms. The fourth-order valence-corrected chi connectivity index (χ4v) is 3.04. The van der Waals surface area contributed by atoms with Crippen LogP contribution in [0.1, 0.15) is 51.3 Å². The number of para-hydroxylation sites is 1. The molecule has 3 amide bonds. The van der Waals surface area contributed by atoms with Crippen molar-refractivity contribution < 1.29 is 38.9 Å².